The van der Waals surface area contributed by atoms with E-state index in [1.54, 1.807) is 0 Å². The van der Waals surface area contributed by atoms with Crippen molar-refractivity contribution in [3.8, 4) is 0 Å². The highest BCUT2D eigenvalue weighted by atomic mass is 31.2. The Balaban J connectivity index is 3.70. The largest absolute Gasteiger partial charge is 0.472 e. The highest BCUT2D eigenvalue weighted by Gasteiger charge is 2.28. The zero-order valence-electron chi connectivity index (χ0n) is 38.9. The molecule has 0 radical (unpaired) electrons. The lowest BCUT2D eigenvalue weighted by Crippen LogP contribution is -2.46. The molecule has 3 N–H and O–H groups in total. The normalized spacial score (nSPS) is 14.2. The Bertz CT molecular complexity index is 901. The van der Waals surface area contributed by atoms with Gasteiger partial charge in [0, 0.05) is 6.42 Å². The van der Waals surface area contributed by atoms with Crippen LogP contribution in [0.15, 0.2) is 0 Å². The van der Waals surface area contributed by atoms with Gasteiger partial charge in [0.2, 0.25) is 5.91 Å². The molecule has 0 rings (SSSR count). The van der Waals surface area contributed by atoms with Crippen molar-refractivity contribution in [1.29, 1.82) is 0 Å². The number of carbonyl (C=O) groups is 1. The van der Waals surface area contributed by atoms with Crippen molar-refractivity contribution < 1.29 is 32.9 Å². The molecule has 1 amide bonds. The maximum Gasteiger partial charge on any atom is 0.472 e. The van der Waals surface area contributed by atoms with Gasteiger partial charge in [0.15, 0.2) is 0 Å². The Morgan fingerprint density at radius 1 is 0.526 bits per heavy atom. The van der Waals surface area contributed by atoms with Crippen molar-refractivity contribution in [3.05, 3.63) is 0 Å². The standard InChI is InChI=1S/C48H99N2O6P/c1-6-8-10-11-12-13-14-15-16-17-18-19-20-21-22-23-24-25-26-27-28-29-30-31-32-33-34-35-36-37-38-40-41-47(51)46(49-48(52)42-39-9-7-2)45-56-57(53,54)55-44-43-50(3,4)5/h46-47,51H,6-45H2,1-5H3,(H-,49,52,53,54)/p+1. The van der Waals surface area contributed by atoms with Gasteiger partial charge in [-0.2, -0.15) is 0 Å². The first-order chi connectivity index (χ1) is 27.5. The van der Waals surface area contributed by atoms with Crippen LogP contribution in [-0.2, 0) is 18.4 Å². The molecule has 0 fully saturated rings. The van der Waals surface area contributed by atoms with Crippen LogP contribution < -0.4 is 5.32 Å². The number of phosphoric ester groups is 1. The Morgan fingerprint density at radius 2 is 0.842 bits per heavy atom. The summed E-state index contributed by atoms with van der Waals surface area (Å²) in [5.74, 6) is -0.166. The van der Waals surface area contributed by atoms with Gasteiger partial charge in [-0.3, -0.25) is 13.8 Å². The molecule has 57 heavy (non-hydrogen) atoms. The Morgan fingerprint density at radius 3 is 1.18 bits per heavy atom. The molecule has 0 saturated heterocycles. The molecule has 0 aromatic carbocycles. The molecule has 0 aromatic heterocycles. The fourth-order valence-corrected chi connectivity index (χ4v) is 8.37. The van der Waals surface area contributed by atoms with Gasteiger partial charge in [-0.25, -0.2) is 4.57 Å². The third-order valence-corrected chi connectivity index (χ3v) is 12.6. The van der Waals surface area contributed by atoms with Gasteiger partial charge in [0.25, 0.3) is 0 Å². The Hall–Kier alpha value is -0.500. The molecule has 0 heterocycles. The van der Waals surface area contributed by atoms with Gasteiger partial charge >= 0.3 is 7.82 Å². The molecule has 9 heteroatoms. The maximum atomic E-state index is 12.5. The van der Waals surface area contributed by atoms with Crippen LogP contribution in [0.2, 0.25) is 0 Å². The lowest BCUT2D eigenvalue weighted by molar-refractivity contribution is -0.870. The molecular formula is C48H100N2O6P+. The zero-order valence-corrected chi connectivity index (χ0v) is 39.8. The molecule has 0 bridgehead atoms. The number of quaternary nitrogens is 1. The molecule has 0 aliphatic rings. The van der Waals surface area contributed by atoms with E-state index in [0.29, 0.717) is 23.9 Å². The molecular weight excluding hydrogens is 732 g/mol. The van der Waals surface area contributed by atoms with Gasteiger partial charge in [0.1, 0.15) is 13.2 Å². The number of phosphoric acid groups is 1. The van der Waals surface area contributed by atoms with E-state index >= 15 is 0 Å². The zero-order chi connectivity index (χ0) is 42.1. The molecule has 3 unspecified atom stereocenters. The number of nitrogens with zero attached hydrogens (tertiary/aromatic N) is 1. The molecule has 0 aliphatic carbocycles. The fourth-order valence-electron chi connectivity index (χ4n) is 7.64. The van der Waals surface area contributed by atoms with Crippen LogP contribution in [0.3, 0.4) is 0 Å². The van der Waals surface area contributed by atoms with E-state index in [1.807, 2.05) is 21.1 Å². The number of unbranched alkanes of at least 4 members (excludes halogenated alkanes) is 33. The average Bonchev–Trinajstić information content (AvgIpc) is 3.16. The average molecular weight is 832 g/mol. The van der Waals surface area contributed by atoms with Crippen molar-refractivity contribution in [3.63, 3.8) is 0 Å². The number of aliphatic hydroxyl groups excluding tert-OH is 1. The van der Waals surface area contributed by atoms with Crippen LogP contribution in [0.1, 0.15) is 251 Å². The van der Waals surface area contributed by atoms with Gasteiger partial charge < -0.3 is 19.8 Å². The van der Waals surface area contributed by atoms with Gasteiger partial charge in [-0.05, 0) is 12.8 Å². The molecule has 342 valence electrons. The van der Waals surface area contributed by atoms with Crippen LogP contribution >= 0.6 is 7.82 Å². The van der Waals surface area contributed by atoms with Crippen molar-refractivity contribution in [1.82, 2.24) is 5.32 Å². The first-order valence-corrected chi connectivity index (χ1v) is 26.4. The number of hydrogen-bond acceptors (Lipinski definition) is 5. The molecule has 0 spiro atoms. The summed E-state index contributed by atoms with van der Waals surface area (Å²) in [6.45, 7) is 4.74. The summed E-state index contributed by atoms with van der Waals surface area (Å²) >= 11 is 0. The quantitative estimate of drug-likeness (QED) is 0.0321. The molecule has 8 nitrogen and oxygen atoms in total. The smallest absolute Gasteiger partial charge is 0.391 e. The van der Waals surface area contributed by atoms with Crippen molar-refractivity contribution >= 4 is 13.7 Å². The summed E-state index contributed by atoms with van der Waals surface area (Å²) < 4.78 is 23.4. The highest BCUT2D eigenvalue weighted by Crippen LogP contribution is 2.43. The summed E-state index contributed by atoms with van der Waals surface area (Å²) in [4.78, 5) is 22.7. The number of nitrogens with one attached hydrogen (secondary N) is 1. The van der Waals surface area contributed by atoms with E-state index in [0.717, 1.165) is 38.5 Å². The SMILES string of the molecule is CCCCCCCCCCCCCCCCCCCCCCCCCCCCCCCCCCC(O)C(COP(=O)(O)OCC[N+](C)(C)C)NC(=O)CCCCC. The fraction of sp³-hybridized carbons (Fsp3) is 0.979. The van der Waals surface area contributed by atoms with Gasteiger partial charge in [-0.15, -0.1) is 0 Å². The van der Waals surface area contributed by atoms with E-state index in [1.165, 1.54) is 186 Å². The second kappa shape index (κ2) is 40.9. The topological polar surface area (TPSA) is 105 Å². The minimum atomic E-state index is -4.29. The van der Waals surface area contributed by atoms with E-state index in [2.05, 4.69) is 19.2 Å². The second-order valence-corrected chi connectivity index (χ2v) is 20.0. The van der Waals surface area contributed by atoms with E-state index < -0.39 is 20.0 Å². The lowest BCUT2D eigenvalue weighted by atomic mass is 10.0. The van der Waals surface area contributed by atoms with E-state index in [9.17, 15) is 19.4 Å². The summed E-state index contributed by atoms with van der Waals surface area (Å²) in [5, 5.41) is 13.8. The van der Waals surface area contributed by atoms with Crippen LogP contribution in [0, 0.1) is 0 Å². The highest BCUT2D eigenvalue weighted by molar-refractivity contribution is 7.47. The maximum absolute atomic E-state index is 12.5. The first kappa shape index (κ1) is 56.5. The third-order valence-electron chi connectivity index (χ3n) is 11.6. The van der Waals surface area contributed by atoms with Crippen molar-refractivity contribution in [2.45, 2.75) is 264 Å². The van der Waals surface area contributed by atoms with Gasteiger partial charge in [-0.1, -0.05) is 232 Å². The molecule has 0 aliphatic heterocycles. The summed E-state index contributed by atoms with van der Waals surface area (Å²) in [6, 6.07) is -0.750. The molecule has 3 atom stereocenters. The summed E-state index contributed by atoms with van der Waals surface area (Å²) in [7, 11) is 1.62. The minimum Gasteiger partial charge on any atom is -0.391 e. The number of aliphatic hydroxyl groups is 1. The predicted octanol–water partition coefficient (Wildman–Crippen LogP) is 14.1. The first-order valence-electron chi connectivity index (χ1n) is 24.9. The Labute approximate surface area is 355 Å². The molecule has 0 aromatic rings. The van der Waals surface area contributed by atoms with Crippen LogP contribution in [-0.4, -0.2) is 73.4 Å². The van der Waals surface area contributed by atoms with Crippen LogP contribution in [0.25, 0.3) is 0 Å². The lowest BCUT2D eigenvalue weighted by Gasteiger charge is -2.26. The van der Waals surface area contributed by atoms with Crippen molar-refractivity contribution in [2.75, 3.05) is 40.9 Å². The number of rotatable bonds is 46. The Kier molecular flexibility index (Phi) is 40.5. The number of amides is 1. The number of hydrogen-bond donors (Lipinski definition) is 3. The van der Waals surface area contributed by atoms with E-state index in [4.69, 9.17) is 9.05 Å². The summed E-state index contributed by atoms with van der Waals surface area (Å²) in [5.41, 5.74) is 0. The third kappa shape index (κ3) is 43.4. The monoisotopic (exact) mass is 832 g/mol. The van der Waals surface area contributed by atoms with Crippen LogP contribution in [0.5, 0.6) is 0 Å². The number of likely N-dealkylation sites (N-methyl/N-ethyl adjacent to an activating group) is 1. The van der Waals surface area contributed by atoms with Crippen molar-refractivity contribution in [2.24, 2.45) is 0 Å². The van der Waals surface area contributed by atoms with Gasteiger partial charge in [0.05, 0.1) is 39.9 Å². The predicted molar refractivity (Wildman–Crippen MR) is 245 cm³/mol. The van der Waals surface area contributed by atoms with Crippen LogP contribution in [0.4, 0.5) is 0 Å². The summed E-state index contributed by atoms with van der Waals surface area (Å²) in [6.07, 6.45) is 46.9. The second-order valence-electron chi connectivity index (χ2n) is 18.6. The minimum absolute atomic E-state index is 0.0770. The van der Waals surface area contributed by atoms with E-state index in [-0.39, 0.29) is 19.1 Å². The molecule has 0 saturated carbocycles. The number of carbonyl (C=O) groups excluding carboxylic acids is 1.